The highest BCUT2D eigenvalue weighted by Gasteiger charge is 2.10. The zero-order chi connectivity index (χ0) is 14.1. The molecular weight excluding hydrogens is 374 g/mol. The van der Waals surface area contributed by atoms with Crippen LogP contribution in [0.15, 0.2) is 12.1 Å². The fourth-order valence-electron chi connectivity index (χ4n) is 2.67. The molecule has 0 nitrogen and oxygen atoms in total. The van der Waals surface area contributed by atoms with Gasteiger partial charge in [0.05, 0.1) is 0 Å². The summed E-state index contributed by atoms with van der Waals surface area (Å²) in [6.07, 6.45) is 11.6. The normalized spacial score (nSPS) is 10.4. The zero-order valence-electron chi connectivity index (χ0n) is 13.5. The average molecular weight is 406 g/mol. The Morgan fingerprint density at radius 2 is 1.25 bits per heavy atom. The third-order valence-corrected chi connectivity index (χ3v) is 4.47. The Kier molecular flexibility index (Phi) is 12.2. The van der Waals surface area contributed by atoms with Gasteiger partial charge in [0.1, 0.15) is 0 Å². The Bertz CT molecular complexity index is 374. The molecule has 0 bridgehead atoms. The van der Waals surface area contributed by atoms with Crippen LogP contribution in [0.1, 0.15) is 76.0 Å². The second-order valence-corrected chi connectivity index (χ2v) is 6.20. The van der Waals surface area contributed by atoms with E-state index < -0.39 is 0 Å². The Morgan fingerprint density at radius 1 is 0.750 bits per heavy atom. The molecule has 0 amide bonds. The van der Waals surface area contributed by atoms with Crippen molar-refractivity contribution >= 4 is 38.5 Å². The number of benzene rings is 1. The number of hydrogen-bond acceptors (Lipinski definition) is 0. The predicted octanol–water partition coefficient (Wildman–Crippen LogP) is 5.83. The number of hydrogen-bond donors (Lipinski definition) is 0. The van der Waals surface area contributed by atoms with Crippen LogP contribution in [0.25, 0.3) is 0 Å². The molecule has 0 saturated heterocycles. The molecule has 20 heavy (non-hydrogen) atoms. The average Bonchev–Trinajstić information content (AvgIpc) is 2.42. The summed E-state index contributed by atoms with van der Waals surface area (Å²) in [5.41, 5.74) is 4.93. The summed E-state index contributed by atoms with van der Waals surface area (Å²) in [6.45, 7) is 6.87. The second kappa shape index (κ2) is 12.0. The topological polar surface area (TPSA) is 0 Å². The van der Waals surface area contributed by atoms with Crippen LogP contribution < -0.4 is 5.30 Å². The molecule has 0 aliphatic heterocycles. The minimum Gasteiger partial charge on any atom is -0.107 e. The van der Waals surface area contributed by atoms with E-state index in [1.165, 1.54) is 63.1 Å². The summed E-state index contributed by atoms with van der Waals surface area (Å²) < 4.78 is 0. The van der Waals surface area contributed by atoms with Gasteiger partial charge in [0.2, 0.25) is 0 Å². The van der Waals surface area contributed by atoms with Gasteiger partial charge in [-0.25, -0.2) is 0 Å². The van der Waals surface area contributed by atoms with Crippen LogP contribution in [-0.2, 0) is 19.3 Å². The molecule has 0 fully saturated rings. The van der Waals surface area contributed by atoms with E-state index in [1.54, 1.807) is 16.7 Å². The molecule has 1 atom stereocenters. The van der Waals surface area contributed by atoms with Crippen LogP contribution in [0.3, 0.4) is 0 Å². The SMILES string of the molecule is CCCCc1ccc(P)c(CCCC)c1CCCC.I. The van der Waals surface area contributed by atoms with Crippen molar-refractivity contribution in [2.24, 2.45) is 0 Å². The maximum absolute atomic E-state index is 2.95. The fraction of sp³-hybridized carbons (Fsp3) is 0.667. The van der Waals surface area contributed by atoms with Crippen LogP contribution in [0.2, 0.25) is 0 Å². The van der Waals surface area contributed by atoms with Crippen molar-refractivity contribution in [2.45, 2.75) is 78.6 Å². The standard InChI is InChI=1S/C18H31P.HI/c1-4-7-10-15-13-14-18(19)17(12-9-6-3)16(15)11-8-5-2;/h13-14H,4-12,19H2,1-3H3;1H. The van der Waals surface area contributed by atoms with Gasteiger partial charge < -0.3 is 0 Å². The van der Waals surface area contributed by atoms with Gasteiger partial charge >= 0.3 is 0 Å². The van der Waals surface area contributed by atoms with Gasteiger partial charge in [-0.05, 0) is 60.5 Å². The number of halogens is 1. The Hall–Kier alpha value is 0.380. The summed E-state index contributed by atoms with van der Waals surface area (Å²) in [4.78, 5) is 0. The number of unbranched alkanes of at least 4 members (excludes halogenated alkanes) is 3. The summed E-state index contributed by atoms with van der Waals surface area (Å²) in [5.74, 6) is 0. The first-order valence-corrected chi connectivity index (χ1v) is 8.71. The first kappa shape index (κ1) is 20.4. The highest BCUT2D eigenvalue weighted by atomic mass is 127. The van der Waals surface area contributed by atoms with Gasteiger partial charge in [0, 0.05) is 0 Å². The molecule has 0 spiro atoms. The van der Waals surface area contributed by atoms with E-state index in [1.807, 2.05) is 0 Å². The number of rotatable bonds is 9. The van der Waals surface area contributed by atoms with Gasteiger partial charge in [0.25, 0.3) is 0 Å². The lowest BCUT2D eigenvalue weighted by molar-refractivity contribution is 0.737. The molecule has 2 heteroatoms. The van der Waals surface area contributed by atoms with Crippen molar-refractivity contribution in [1.29, 1.82) is 0 Å². The molecule has 0 saturated carbocycles. The van der Waals surface area contributed by atoms with Crippen molar-refractivity contribution in [3.8, 4) is 0 Å². The van der Waals surface area contributed by atoms with Crippen LogP contribution in [0.5, 0.6) is 0 Å². The zero-order valence-corrected chi connectivity index (χ0v) is 17.0. The van der Waals surface area contributed by atoms with Gasteiger partial charge in [-0.15, -0.1) is 33.2 Å². The first-order chi connectivity index (χ1) is 9.24. The van der Waals surface area contributed by atoms with Crippen LogP contribution in [0, 0.1) is 0 Å². The van der Waals surface area contributed by atoms with Crippen LogP contribution >= 0.6 is 33.2 Å². The third-order valence-electron chi connectivity index (χ3n) is 3.92. The Balaban J connectivity index is 0.00000361. The van der Waals surface area contributed by atoms with Crippen molar-refractivity contribution in [3.63, 3.8) is 0 Å². The molecule has 1 unspecified atom stereocenters. The second-order valence-electron chi connectivity index (χ2n) is 5.58. The van der Waals surface area contributed by atoms with Gasteiger partial charge in [0.15, 0.2) is 0 Å². The maximum Gasteiger partial charge on any atom is -0.0268 e. The van der Waals surface area contributed by atoms with Crippen molar-refractivity contribution in [2.75, 3.05) is 0 Å². The highest BCUT2D eigenvalue weighted by Crippen LogP contribution is 2.21. The lowest BCUT2D eigenvalue weighted by Gasteiger charge is -2.17. The Morgan fingerprint density at radius 3 is 1.80 bits per heavy atom. The van der Waals surface area contributed by atoms with Crippen molar-refractivity contribution < 1.29 is 0 Å². The highest BCUT2D eigenvalue weighted by molar-refractivity contribution is 14.0. The van der Waals surface area contributed by atoms with E-state index in [0.717, 1.165) is 0 Å². The molecule has 0 N–H and O–H groups in total. The largest absolute Gasteiger partial charge is 0.107 e. The lowest BCUT2D eigenvalue weighted by atomic mass is 9.91. The molecule has 0 aliphatic carbocycles. The fourth-order valence-corrected chi connectivity index (χ4v) is 3.09. The molecule has 1 rings (SSSR count). The first-order valence-electron chi connectivity index (χ1n) is 8.13. The quantitative estimate of drug-likeness (QED) is 0.357. The van der Waals surface area contributed by atoms with E-state index in [4.69, 9.17) is 0 Å². The molecule has 1 aromatic carbocycles. The molecule has 0 radical (unpaired) electrons. The smallest absolute Gasteiger partial charge is 0.0268 e. The third kappa shape index (κ3) is 6.43. The molecule has 0 heterocycles. The molecule has 1 aromatic rings. The molecule has 0 aromatic heterocycles. The summed E-state index contributed by atoms with van der Waals surface area (Å²) in [7, 11) is 2.95. The van der Waals surface area contributed by atoms with E-state index in [0.29, 0.717) is 0 Å². The minimum atomic E-state index is 0. The van der Waals surface area contributed by atoms with Crippen molar-refractivity contribution in [1.82, 2.24) is 0 Å². The molecule has 0 aliphatic rings. The van der Waals surface area contributed by atoms with Gasteiger partial charge in [-0.2, -0.15) is 0 Å². The summed E-state index contributed by atoms with van der Waals surface area (Å²) >= 11 is 0. The van der Waals surface area contributed by atoms with E-state index in [-0.39, 0.29) is 24.0 Å². The van der Waals surface area contributed by atoms with E-state index in [9.17, 15) is 0 Å². The summed E-state index contributed by atoms with van der Waals surface area (Å²) in [6, 6.07) is 4.69. The van der Waals surface area contributed by atoms with Crippen molar-refractivity contribution in [3.05, 3.63) is 28.8 Å². The molecular formula is C18H32IP. The van der Waals surface area contributed by atoms with Gasteiger partial charge in [-0.3, -0.25) is 0 Å². The lowest BCUT2D eigenvalue weighted by Crippen LogP contribution is -2.10. The summed E-state index contributed by atoms with van der Waals surface area (Å²) in [5, 5.41) is 1.43. The van der Waals surface area contributed by atoms with Gasteiger partial charge in [-0.1, -0.05) is 52.2 Å². The monoisotopic (exact) mass is 406 g/mol. The van der Waals surface area contributed by atoms with E-state index >= 15 is 0 Å². The van der Waals surface area contributed by atoms with Crippen LogP contribution in [0.4, 0.5) is 0 Å². The Labute approximate surface area is 145 Å². The minimum absolute atomic E-state index is 0. The van der Waals surface area contributed by atoms with Crippen LogP contribution in [-0.4, -0.2) is 0 Å². The predicted molar refractivity (Wildman–Crippen MR) is 107 cm³/mol. The number of aryl methyl sites for hydroxylation is 1. The van der Waals surface area contributed by atoms with E-state index in [2.05, 4.69) is 42.1 Å². The maximum atomic E-state index is 2.95. The molecule has 116 valence electrons.